The maximum Gasteiger partial charge on any atom is 0.225 e. The fourth-order valence-electron chi connectivity index (χ4n) is 2.27. The second-order valence-electron chi connectivity index (χ2n) is 5.76. The van der Waals surface area contributed by atoms with Crippen LogP contribution in [0.2, 0.25) is 0 Å². The van der Waals surface area contributed by atoms with E-state index in [0.717, 1.165) is 22.8 Å². The van der Waals surface area contributed by atoms with E-state index in [-0.39, 0.29) is 0 Å². The van der Waals surface area contributed by atoms with E-state index in [9.17, 15) is 0 Å². The fourth-order valence-corrected chi connectivity index (χ4v) is 2.27. The van der Waals surface area contributed by atoms with Crippen LogP contribution in [0.1, 0.15) is 6.92 Å². The lowest BCUT2D eigenvalue weighted by Gasteiger charge is -2.10. The quantitative estimate of drug-likeness (QED) is 0.318. The van der Waals surface area contributed by atoms with Crippen LogP contribution in [-0.4, -0.2) is 13.0 Å². The Balaban J connectivity index is 1.87. The number of hydrogen-bond acceptors (Lipinski definition) is 4. The summed E-state index contributed by atoms with van der Waals surface area (Å²) >= 11 is 0. The lowest BCUT2D eigenvalue weighted by Crippen LogP contribution is -2.10. The van der Waals surface area contributed by atoms with Gasteiger partial charge in [-0.2, -0.15) is 0 Å². The van der Waals surface area contributed by atoms with Gasteiger partial charge < -0.3 is 14.2 Å². The van der Waals surface area contributed by atoms with Crippen LogP contribution in [0.25, 0.3) is 0 Å². The van der Waals surface area contributed by atoms with Gasteiger partial charge in [0.05, 0.1) is 19.1 Å². The SMILES string of the molecule is COc1ccc(N=C(Oc2ccccc2)C(C)=COc2ccccc2)cc1. The first kappa shape index (κ1) is 18.3. The molecule has 3 aromatic carbocycles. The van der Waals surface area contributed by atoms with Crippen LogP contribution in [-0.2, 0) is 0 Å². The summed E-state index contributed by atoms with van der Waals surface area (Å²) < 4.78 is 16.9. The molecule has 0 bridgehead atoms. The minimum absolute atomic E-state index is 0.460. The van der Waals surface area contributed by atoms with E-state index in [0.29, 0.717) is 11.6 Å². The van der Waals surface area contributed by atoms with Crippen molar-refractivity contribution in [1.29, 1.82) is 0 Å². The molecule has 0 aliphatic carbocycles. The summed E-state index contributed by atoms with van der Waals surface area (Å²) in [5, 5.41) is 0. The number of nitrogens with zero attached hydrogens (tertiary/aromatic N) is 1. The Morgan fingerprint density at radius 2 is 1.33 bits per heavy atom. The van der Waals surface area contributed by atoms with Gasteiger partial charge in [0.2, 0.25) is 5.90 Å². The topological polar surface area (TPSA) is 40.0 Å². The fraction of sp³-hybridized carbons (Fsp3) is 0.0870. The van der Waals surface area contributed by atoms with Crippen LogP contribution in [0, 0.1) is 0 Å². The highest BCUT2D eigenvalue weighted by Crippen LogP contribution is 2.21. The number of hydrogen-bond donors (Lipinski definition) is 0. The van der Waals surface area contributed by atoms with Crippen molar-refractivity contribution in [1.82, 2.24) is 0 Å². The Kier molecular flexibility index (Phi) is 6.26. The number of ether oxygens (including phenoxy) is 3. The molecule has 0 fully saturated rings. The third-order valence-corrected chi connectivity index (χ3v) is 3.71. The molecule has 4 heteroatoms. The molecule has 4 nitrogen and oxygen atoms in total. The lowest BCUT2D eigenvalue weighted by atomic mass is 10.3. The van der Waals surface area contributed by atoms with Crippen molar-refractivity contribution >= 4 is 11.6 Å². The molecule has 0 radical (unpaired) electrons. The molecule has 0 heterocycles. The summed E-state index contributed by atoms with van der Waals surface area (Å²) in [7, 11) is 1.63. The number of para-hydroxylation sites is 2. The Hall–Kier alpha value is -3.53. The molecule has 0 atom stereocenters. The Morgan fingerprint density at radius 1 is 0.741 bits per heavy atom. The van der Waals surface area contributed by atoms with E-state index in [1.165, 1.54) is 0 Å². The summed E-state index contributed by atoms with van der Waals surface area (Å²) in [5.41, 5.74) is 1.52. The first-order valence-electron chi connectivity index (χ1n) is 8.59. The van der Waals surface area contributed by atoms with Crippen LogP contribution >= 0.6 is 0 Å². The van der Waals surface area contributed by atoms with Crippen molar-refractivity contribution in [3.05, 3.63) is 96.8 Å². The van der Waals surface area contributed by atoms with Crippen LogP contribution < -0.4 is 14.2 Å². The Labute approximate surface area is 159 Å². The number of rotatable bonds is 6. The highest BCUT2D eigenvalue weighted by atomic mass is 16.5. The molecule has 0 N–H and O–H groups in total. The zero-order valence-corrected chi connectivity index (χ0v) is 15.3. The summed E-state index contributed by atoms with van der Waals surface area (Å²) in [6.45, 7) is 1.90. The van der Waals surface area contributed by atoms with Gasteiger partial charge in [-0.05, 0) is 55.5 Å². The van der Waals surface area contributed by atoms with E-state index in [1.807, 2.05) is 91.9 Å². The normalized spacial score (nSPS) is 11.8. The summed E-state index contributed by atoms with van der Waals surface area (Å²) in [6.07, 6.45) is 1.64. The molecule has 3 rings (SSSR count). The molecule has 0 amide bonds. The summed E-state index contributed by atoms with van der Waals surface area (Å²) in [6, 6.07) is 26.6. The van der Waals surface area contributed by atoms with Gasteiger partial charge in [0.1, 0.15) is 17.2 Å². The minimum atomic E-state index is 0.460. The van der Waals surface area contributed by atoms with Gasteiger partial charge in [0.25, 0.3) is 0 Å². The average molecular weight is 359 g/mol. The minimum Gasteiger partial charge on any atom is -0.497 e. The molecule has 0 spiro atoms. The van der Waals surface area contributed by atoms with Gasteiger partial charge in [-0.15, -0.1) is 0 Å². The first-order valence-corrected chi connectivity index (χ1v) is 8.59. The van der Waals surface area contributed by atoms with E-state index >= 15 is 0 Å². The molecule has 0 unspecified atom stereocenters. The zero-order chi connectivity index (χ0) is 18.9. The van der Waals surface area contributed by atoms with Crippen molar-refractivity contribution in [2.45, 2.75) is 6.92 Å². The molecule has 136 valence electrons. The van der Waals surface area contributed by atoms with Crippen LogP contribution in [0.4, 0.5) is 5.69 Å². The maximum atomic E-state index is 6.00. The predicted molar refractivity (Wildman–Crippen MR) is 108 cm³/mol. The molecule has 0 saturated carbocycles. The lowest BCUT2D eigenvalue weighted by molar-refractivity contribution is 0.415. The second kappa shape index (κ2) is 9.25. The number of benzene rings is 3. The van der Waals surface area contributed by atoms with Gasteiger partial charge in [0, 0.05) is 5.57 Å². The van der Waals surface area contributed by atoms with Crippen LogP contribution in [0.15, 0.2) is 102 Å². The third-order valence-electron chi connectivity index (χ3n) is 3.71. The van der Waals surface area contributed by atoms with E-state index in [4.69, 9.17) is 14.2 Å². The molecule has 0 aliphatic heterocycles. The monoisotopic (exact) mass is 359 g/mol. The Morgan fingerprint density at radius 3 is 1.93 bits per heavy atom. The standard InChI is InChI=1S/C23H21NO3/c1-18(17-26-21-9-5-3-6-10-21)23(27-22-11-7-4-8-12-22)24-19-13-15-20(25-2)16-14-19/h3-17H,1-2H3. The van der Waals surface area contributed by atoms with Gasteiger partial charge in [-0.3, -0.25) is 0 Å². The van der Waals surface area contributed by atoms with Gasteiger partial charge in [-0.25, -0.2) is 4.99 Å². The molecular formula is C23H21NO3. The van der Waals surface area contributed by atoms with Gasteiger partial charge in [-0.1, -0.05) is 36.4 Å². The average Bonchev–Trinajstić information content (AvgIpc) is 2.73. The van der Waals surface area contributed by atoms with E-state index < -0.39 is 0 Å². The molecular weight excluding hydrogens is 338 g/mol. The molecule has 0 saturated heterocycles. The van der Waals surface area contributed by atoms with Crippen LogP contribution in [0.5, 0.6) is 17.2 Å². The zero-order valence-electron chi connectivity index (χ0n) is 15.3. The molecule has 27 heavy (non-hydrogen) atoms. The highest BCUT2D eigenvalue weighted by molar-refractivity contribution is 5.96. The maximum absolute atomic E-state index is 6.00. The molecule has 0 aliphatic rings. The van der Waals surface area contributed by atoms with E-state index in [2.05, 4.69) is 4.99 Å². The second-order valence-corrected chi connectivity index (χ2v) is 5.76. The highest BCUT2D eigenvalue weighted by Gasteiger charge is 2.08. The smallest absolute Gasteiger partial charge is 0.225 e. The Bertz CT molecular complexity index is 901. The first-order chi connectivity index (χ1) is 13.2. The largest absolute Gasteiger partial charge is 0.497 e. The van der Waals surface area contributed by atoms with Crippen molar-refractivity contribution in [3.63, 3.8) is 0 Å². The third kappa shape index (κ3) is 5.47. The van der Waals surface area contributed by atoms with Crippen molar-refractivity contribution in [2.24, 2.45) is 4.99 Å². The predicted octanol–water partition coefficient (Wildman–Crippen LogP) is 5.79. The summed E-state index contributed by atoms with van der Waals surface area (Å²) in [5.74, 6) is 2.69. The van der Waals surface area contributed by atoms with Gasteiger partial charge >= 0.3 is 0 Å². The molecule has 3 aromatic rings. The number of methoxy groups -OCH3 is 1. The van der Waals surface area contributed by atoms with Crippen molar-refractivity contribution in [3.8, 4) is 17.2 Å². The molecule has 0 aromatic heterocycles. The van der Waals surface area contributed by atoms with Crippen molar-refractivity contribution in [2.75, 3.05) is 7.11 Å². The van der Waals surface area contributed by atoms with E-state index in [1.54, 1.807) is 13.4 Å². The van der Waals surface area contributed by atoms with Crippen LogP contribution in [0.3, 0.4) is 0 Å². The summed E-state index contributed by atoms with van der Waals surface area (Å²) in [4.78, 5) is 4.63. The number of aliphatic imine (C=N–C) groups is 1. The van der Waals surface area contributed by atoms with Crippen molar-refractivity contribution < 1.29 is 14.2 Å². The van der Waals surface area contributed by atoms with Gasteiger partial charge in [0.15, 0.2) is 0 Å².